The lowest BCUT2D eigenvalue weighted by atomic mass is 9.60. The topological polar surface area (TPSA) is 73.3 Å². The van der Waals surface area contributed by atoms with Crippen molar-refractivity contribution in [2.45, 2.75) is 51.0 Å². The molecule has 3 fully saturated rings. The number of piperidine rings is 1. The number of likely N-dealkylation sites (tertiary alicyclic amines) is 2. The van der Waals surface area contributed by atoms with E-state index in [4.69, 9.17) is 0 Å². The van der Waals surface area contributed by atoms with E-state index in [1.165, 1.54) is 48.6 Å². The number of hydrogen-bond acceptors (Lipinski definition) is 6. The van der Waals surface area contributed by atoms with E-state index < -0.39 is 30.2 Å². The minimum atomic E-state index is -4.82. The summed E-state index contributed by atoms with van der Waals surface area (Å²) in [4.78, 5) is 33.2. The molecule has 2 bridgehead atoms. The van der Waals surface area contributed by atoms with Crippen LogP contribution in [0.15, 0.2) is 78.9 Å². The van der Waals surface area contributed by atoms with E-state index in [0.717, 1.165) is 41.9 Å². The van der Waals surface area contributed by atoms with Gasteiger partial charge in [0.1, 0.15) is 5.75 Å². The molecule has 10 heteroatoms. The van der Waals surface area contributed by atoms with Gasteiger partial charge in [0.15, 0.2) is 0 Å². The zero-order chi connectivity index (χ0) is 32.2. The van der Waals surface area contributed by atoms with Crippen LogP contribution in [0.3, 0.4) is 0 Å². The molecule has 0 saturated carbocycles. The molecule has 0 spiro atoms. The molecule has 0 aromatic heterocycles. The smallest absolute Gasteiger partial charge is 0.406 e. The van der Waals surface area contributed by atoms with E-state index in [9.17, 15) is 27.9 Å². The Morgan fingerprint density at radius 1 is 0.826 bits per heavy atom. The van der Waals surface area contributed by atoms with Gasteiger partial charge < -0.3 is 9.84 Å². The van der Waals surface area contributed by atoms with Gasteiger partial charge in [-0.1, -0.05) is 66.7 Å². The average Bonchev–Trinajstić information content (AvgIpc) is 3.64. The van der Waals surface area contributed by atoms with Crippen molar-refractivity contribution in [2.24, 2.45) is 17.8 Å². The average molecular weight is 632 g/mol. The first-order chi connectivity index (χ1) is 22.1. The number of fused-ring (bicyclic) bond motifs is 1. The van der Waals surface area contributed by atoms with Crippen LogP contribution < -0.4 is 4.74 Å². The lowest BCUT2D eigenvalue weighted by Crippen LogP contribution is -2.58. The van der Waals surface area contributed by atoms with Gasteiger partial charge in [0.25, 0.3) is 0 Å². The van der Waals surface area contributed by atoms with Gasteiger partial charge in [-0.2, -0.15) is 0 Å². The monoisotopic (exact) mass is 631 g/mol. The van der Waals surface area contributed by atoms with E-state index >= 15 is 0 Å². The zero-order valence-electron chi connectivity index (χ0n) is 25.5. The zero-order valence-corrected chi connectivity index (χ0v) is 25.5. The summed E-state index contributed by atoms with van der Waals surface area (Å²) in [7, 11) is 1.53. The Hall–Kier alpha value is -3.99. The normalized spacial score (nSPS) is 26.5. The summed E-state index contributed by atoms with van der Waals surface area (Å²) in [6.07, 6.45) is -0.352. The summed E-state index contributed by atoms with van der Waals surface area (Å²) in [5, 5.41) is 9.64. The first kappa shape index (κ1) is 30.7. The number of imide groups is 1. The Kier molecular flexibility index (Phi) is 7.99. The minimum absolute atomic E-state index is 0.0921. The molecule has 4 heterocycles. The standard InChI is InChI=1S/C36H36F3N3O4/c1-40-34(44)31-29-18-28(25-11-9-23(21-43)10-12-25)30(32(31)35(40)45)33(26-13-7-22(8-14-26)19-41-15-2-3-16-41)42(29)20-24-5-4-6-27(17-24)46-36(37,38)39/h4-14,17-18,29-33,43H,2-3,15-16,19-21H2,1H3. The molecule has 0 radical (unpaired) electrons. The van der Waals surface area contributed by atoms with Crippen LogP contribution in [0.1, 0.15) is 46.7 Å². The molecule has 1 aliphatic carbocycles. The van der Waals surface area contributed by atoms with Gasteiger partial charge in [0.05, 0.1) is 18.4 Å². The lowest BCUT2D eigenvalue weighted by Gasteiger charge is -2.55. The molecule has 240 valence electrons. The minimum Gasteiger partial charge on any atom is -0.406 e. The maximum atomic E-state index is 13.8. The highest BCUT2D eigenvalue weighted by Gasteiger charge is 2.63. The van der Waals surface area contributed by atoms with Gasteiger partial charge >= 0.3 is 6.36 Å². The molecule has 3 aromatic carbocycles. The van der Waals surface area contributed by atoms with Gasteiger partial charge in [-0.15, -0.1) is 13.2 Å². The first-order valence-corrected chi connectivity index (χ1v) is 15.8. The van der Waals surface area contributed by atoms with Crippen molar-refractivity contribution in [1.29, 1.82) is 0 Å². The highest BCUT2D eigenvalue weighted by atomic mass is 19.4. The summed E-state index contributed by atoms with van der Waals surface area (Å²) in [6, 6.07) is 21.2. The van der Waals surface area contributed by atoms with Gasteiger partial charge in [0, 0.05) is 38.1 Å². The van der Waals surface area contributed by atoms with Crippen LogP contribution >= 0.6 is 0 Å². The molecule has 5 aliphatic rings. The fourth-order valence-electron chi connectivity index (χ4n) is 8.02. The number of carbonyl (C=O) groups is 2. The second-order valence-corrected chi connectivity index (χ2v) is 12.8. The Balaban J connectivity index is 1.32. The van der Waals surface area contributed by atoms with Gasteiger partial charge in [-0.3, -0.25) is 24.3 Å². The number of nitrogens with zero attached hydrogens (tertiary/aromatic N) is 3. The van der Waals surface area contributed by atoms with Gasteiger partial charge in [-0.05, 0) is 71.5 Å². The third kappa shape index (κ3) is 5.63. The quantitative estimate of drug-likeness (QED) is 0.329. The fourth-order valence-corrected chi connectivity index (χ4v) is 8.02. The fraction of sp³-hybridized carbons (Fsp3) is 0.389. The molecule has 5 unspecified atom stereocenters. The van der Waals surface area contributed by atoms with Crippen molar-refractivity contribution in [3.63, 3.8) is 0 Å². The Morgan fingerprint density at radius 3 is 2.17 bits per heavy atom. The number of aliphatic hydroxyl groups excluding tert-OH is 1. The number of aliphatic hydroxyl groups is 1. The molecular formula is C36H36F3N3O4. The Morgan fingerprint density at radius 2 is 1.50 bits per heavy atom. The summed E-state index contributed by atoms with van der Waals surface area (Å²) in [5.74, 6) is -2.34. The molecule has 7 nitrogen and oxygen atoms in total. The van der Waals surface area contributed by atoms with Crippen LogP contribution in [-0.2, 0) is 29.3 Å². The highest BCUT2D eigenvalue weighted by Crippen LogP contribution is 2.58. The summed E-state index contributed by atoms with van der Waals surface area (Å²) in [6.45, 7) is 3.17. The van der Waals surface area contributed by atoms with Crippen LogP contribution in [0.25, 0.3) is 5.57 Å². The van der Waals surface area contributed by atoms with E-state index in [0.29, 0.717) is 5.56 Å². The second-order valence-electron chi connectivity index (χ2n) is 12.8. The molecule has 2 amide bonds. The van der Waals surface area contributed by atoms with Crippen LogP contribution in [0, 0.1) is 17.8 Å². The molecule has 3 aromatic rings. The van der Waals surface area contributed by atoms with Crippen LogP contribution in [-0.4, -0.2) is 64.2 Å². The number of halogens is 3. The third-order valence-corrected chi connectivity index (χ3v) is 10.1. The number of alkyl halides is 3. The van der Waals surface area contributed by atoms with E-state index in [1.54, 1.807) is 6.07 Å². The van der Waals surface area contributed by atoms with Crippen molar-refractivity contribution in [1.82, 2.24) is 14.7 Å². The second kappa shape index (κ2) is 12.0. The van der Waals surface area contributed by atoms with Crippen molar-refractivity contribution >= 4 is 17.4 Å². The molecular weight excluding hydrogens is 595 g/mol. The van der Waals surface area contributed by atoms with Crippen molar-refractivity contribution < 1.29 is 32.6 Å². The maximum Gasteiger partial charge on any atom is 0.573 e. The summed E-state index contributed by atoms with van der Waals surface area (Å²) < 4.78 is 43.5. The van der Waals surface area contributed by atoms with Crippen molar-refractivity contribution in [3.05, 3.63) is 107 Å². The largest absolute Gasteiger partial charge is 0.573 e. The number of amides is 2. The van der Waals surface area contributed by atoms with Gasteiger partial charge in [-0.25, -0.2) is 0 Å². The highest BCUT2D eigenvalue weighted by molar-refractivity contribution is 6.07. The first-order valence-electron chi connectivity index (χ1n) is 15.8. The molecule has 46 heavy (non-hydrogen) atoms. The molecule has 5 atom stereocenters. The summed E-state index contributed by atoms with van der Waals surface area (Å²) in [5.41, 5.74) is 5.42. The molecule has 4 aliphatic heterocycles. The number of carbonyl (C=O) groups excluding carboxylic acids is 2. The Labute approximate surface area is 265 Å². The SMILES string of the molecule is CN1C(=O)C2C(C1=O)C1C=C(c3ccc(CO)cc3)C2C(c2ccc(CN3CCCC3)cc2)N1Cc1cccc(OC(F)(F)F)c1. The molecule has 1 N–H and O–H groups in total. The molecule has 3 saturated heterocycles. The van der Waals surface area contributed by atoms with E-state index in [-0.39, 0.29) is 36.8 Å². The Bertz CT molecular complexity index is 1650. The van der Waals surface area contributed by atoms with Crippen LogP contribution in [0.4, 0.5) is 13.2 Å². The van der Waals surface area contributed by atoms with Gasteiger partial charge in [0.2, 0.25) is 11.8 Å². The maximum absolute atomic E-state index is 13.8. The number of benzene rings is 3. The number of ether oxygens (including phenoxy) is 1. The summed E-state index contributed by atoms with van der Waals surface area (Å²) >= 11 is 0. The van der Waals surface area contributed by atoms with E-state index in [1.807, 2.05) is 24.3 Å². The lowest BCUT2D eigenvalue weighted by molar-refractivity contribution is -0.274. The third-order valence-electron chi connectivity index (χ3n) is 10.1. The van der Waals surface area contributed by atoms with Crippen molar-refractivity contribution in [2.75, 3.05) is 20.1 Å². The van der Waals surface area contributed by atoms with Crippen LogP contribution in [0.5, 0.6) is 5.75 Å². The van der Waals surface area contributed by atoms with E-state index in [2.05, 4.69) is 44.9 Å². The van der Waals surface area contributed by atoms with Crippen LogP contribution in [0.2, 0.25) is 0 Å². The number of hydrogen-bond donors (Lipinski definition) is 1. The number of rotatable bonds is 8. The molecule has 8 rings (SSSR count). The predicted molar refractivity (Wildman–Crippen MR) is 165 cm³/mol. The van der Waals surface area contributed by atoms with Crippen molar-refractivity contribution in [3.8, 4) is 5.75 Å². The predicted octanol–water partition coefficient (Wildman–Crippen LogP) is 5.54.